The minimum Gasteiger partial charge on any atom is -0.316 e. The molecule has 0 bridgehead atoms. The molecule has 4 nitrogen and oxygen atoms in total. The molecule has 0 aliphatic rings. The number of rotatable bonds is 7. The van der Waals surface area contributed by atoms with Crippen LogP contribution in [-0.4, -0.2) is 32.9 Å². The smallest absolute Gasteiger partial charge is 0.243 e. The van der Waals surface area contributed by atoms with Gasteiger partial charge in [0.15, 0.2) is 0 Å². The van der Waals surface area contributed by atoms with Gasteiger partial charge in [0.2, 0.25) is 10.0 Å². The van der Waals surface area contributed by atoms with E-state index in [9.17, 15) is 12.8 Å². The number of nitrogens with one attached hydrogen (secondary N) is 1. The molecule has 0 amide bonds. The summed E-state index contributed by atoms with van der Waals surface area (Å²) in [6, 6.07) is 2.86. The predicted octanol–water partition coefficient (Wildman–Crippen LogP) is 2.66. The van der Waals surface area contributed by atoms with Crippen molar-refractivity contribution in [3.05, 3.63) is 29.1 Å². The van der Waals surface area contributed by atoms with E-state index < -0.39 is 15.8 Å². The van der Waals surface area contributed by atoms with Crippen LogP contribution < -0.4 is 5.32 Å². The molecule has 0 aliphatic carbocycles. The first-order valence-electron chi connectivity index (χ1n) is 7.21. The van der Waals surface area contributed by atoms with Gasteiger partial charge in [-0.3, -0.25) is 0 Å². The Morgan fingerprint density at radius 3 is 2.33 bits per heavy atom. The van der Waals surface area contributed by atoms with Crippen LogP contribution in [0.2, 0.25) is 0 Å². The Bertz CT molecular complexity index is 584. The third-order valence-corrected chi connectivity index (χ3v) is 5.89. The third-order valence-electron chi connectivity index (χ3n) is 3.85. The molecule has 0 atom stereocenters. The average molecular weight is 316 g/mol. The van der Waals surface area contributed by atoms with Crippen LogP contribution in [0.4, 0.5) is 4.39 Å². The summed E-state index contributed by atoms with van der Waals surface area (Å²) in [7, 11) is -0.388. The molecule has 0 unspecified atom stereocenters. The van der Waals surface area contributed by atoms with Gasteiger partial charge in [-0.15, -0.1) is 0 Å². The minimum absolute atomic E-state index is 0.0575. The Balaban J connectivity index is 3.36. The van der Waals surface area contributed by atoms with E-state index in [4.69, 9.17) is 0 Å². The normalized spacial score (nSPS) is 12.4. The summed E-state index contributed by atoms with van der Waals surface area (Å²) >= 11 is 0. The largest absolute Gasteiger partial charge is 0.316 e. The van der Waals surface area contributed by atoms with Gasteiger partial charge in [-0.1, -0.05) is 13.8 Å². The van der Waals surface area contributed by atoms with Crippen molar-refractivity contribution in [1.82, 2.24) is 9.62 Å². The third kappa shape index (κ3) is 3.81. The maximum atomic E-state index is 14.0. The summed E-state index contributed by atoms with van der Waals surface area (Å²) in [5, 5.41) is 2.91. The zero-order valence-corrected chi connectivity index (χ0v) is 14.2. The minimum atomic E-state index is -3.69. The topological polar surface area (TPSA) is 49.4 Å². The average Bonchev–Trinajstić information content (AvgIpc) is 2.43. The lowest BCUT2D eigenvalue weighted by Gasteiger charge is -2.26. The highest BCUT2D eigenvalue weighted by atomic mass is 32.2. The van der Waals surface area contributed by atoms with Crippen molar-refractivity contribution < 1.29 is 12.8 Å². The Labute approximate surface area is 127 Å². The summed E-state index contributed by atoms with van der Waals surface area (Å²) in [6.45, 7) is 5.83. The molecule has 1 aromatic carbocycles. The number of nitrogens with zero attached hydrogens (tertiary/aromatic N) is 1. The lowest BCUT2D eigenvalue weighted by Crippen LogP contribution is -2.36. The van der Waals surface area contributed by atoms with Crippen LogP contribution in [0.1, 0.15) is 37.8 Å². The van der Waals surface area contributed by atoms with E-state index in [0.29, 0.717) is 12.1 Å². The van der Waals surface area contributed by atoms with Gasteiger partial charge in [0.25, 0.3) is 0 Å². The first-order chi connectivity index (χ1) is 9.79. The number of hydrogen-bond donors (Lipinski definition) is 1. The molecule has 0 saturated heterocycles. The van der Waals surface area contributed by atoms with Crippen LogP contribution in [0.15, 0.2) is 17.0 Å². The van der Waals surface area contributed by atoms with Crippen LogP contribution in [0.3, 0.4) is 0 Å². The molecular weight excluding hydrogens is 291 g/mol. The summed E-state index contributed by atoms with van der Waals surface area (Å²) < 4.78 is 40.9. The van der Waals surface area contributed by atoms with Gasteiger partial charge in [0.05, 0.1) is 4.90 Å². The number of benzene rings is 1. The van der Waals surface area contributed by atoms with Crippen molar-refractivity contribution in [2.45, 2.75) is 51.1 Å². The summed E-state index contributed by atoms with van der Waals surface area (Å²) in [6.07, 6.45) is 1.45. The molecule has 0 spiro atoms. The Morgan fingerprint density at radius 2 is 1.86 bits per heavy atom. The van der Waals surface area contributed by atoms with Gasteiger partial charge in [-0.25, -0.2) is 12.8 Å². The second-order valence-electron chi connectivity index (χ2n) is 5.22. The number of halogens is 1. The molecule has 1 aromatic rings. The SMILES string of the molecule is CCC(CC)N(C)S(=O)(=O)c1cc(CNC)cc(F)c1C. The molecule has 21 heavy (non-hydrogen) atoms. The first-order valence-corrected chi connectivity index (χ1v) is 8.65. The van der Waals surface area contributed by atoms with E-state index in [0.717, 1.165) is 12.8 Å². The Morgan fingerprint density at radius 1 is 1.29 bits per heavy atom. The Hall–Kier alpha value is -0.980. The number of hydrogen-bond acceptors (Lipinski definition) is 3. The van der Waals surface area contributed by atoms with Gasteiger partial charge in [0, 0.05) is 25.2 Å². The quantitative estimate of drug-likeness (QED) is 0.841. The van der Waals surface area contributed by atoms with Crippen molar-refractivity contribution in [3.8, 4) is 0 Å². The monoisotopic (exact) mass is 316 g/mol. The Kier molecular flexibility index (Phi) is 6.31. The fraction of sp³-hybridized carbons (Fsp3) is 0.600. The van der Waals surface area contributed by atoms with E-state index in [1.807, 2.05) is 13.8 Å². The zero-order valence-electron chi connectivity index (χ0n) is 13.4. The molecule has 0 fully saturated rings. The highest BCUT2D eigenvalue weighted by Gasteiger charge is 2.28. The fourth-order valence-electron chi connectivity index (χ4n) is 2.44. The second-order valence-corrected chi connectivity index (χ2v) is 7.19. The van der Waals surface area contributed by atoms with Crippen LogP contribution in [0, 0.1) is 12.7 Å². The van der Waals surface area contributed by atoms with Crippen molar-refractivity contribution in [2.24, 2.45) is 0 Å². The molecular formula is C15H25FN2O2S. The molecule has 1 rings (SSSR count). The van der Waals surface area contributed by atoms with E-state index >= 15 is 0 Å². The van der Waals surface area contributed by atoms with E-state index in [1.165, 1.54) is 17.3 Å². The molecule has 0 heterocycles. The maximum absolute atomic E-state index is 14.0. The van der Waals surface area contributed by atoms with E-state index in [2.05, 4.69) is 5.32 Å². The molecule has 0 aromatic heterocycles. The number of sulfonamides is 1. The van der Waals surface area contributed by atoms with Crippen molar-refractivity contribution in [2.75, 3.05) is 14.1 Å². The van der Waals surface area contributed by atoms with Gasteiger partial charge >= 0.3 is 0 Å². The highest BCUT2D eigenvalue weighted by molar-refractivity contribution is 7.89. The summed E-state index contributed by atoms with van der Waals surface area (Å²) in [5.41, 5.74) is 0.796. The van der Waals surface area contributed by atoms with Gasteiger partial charge in [-0.2, -0.15) is 4.31 Å². The molecule has 6 heteroatoms. The molecule has 1 N–H and O–H groups in total. The molecule has 0 radical (unpaired) electrons. The highest BCUT2D eigenvalue weighted by Crippen LogP contribution is 2.25. The summed E-state index contributed by atoms with van der Waals surface area (Å²) in [4.78, 5) is 0.0575. The van der Waals surface area contributed by atoms with Crippen molar-refractivity contribution >= 4 is 10.0 Å². The van der Waals surface area contributed by atoms with Gasteiger partial charge in [0.1, 0.15) is 5.82 Å². The molecule has 120 valence electrons. The van der Waals surface area contributed by atoms with Crippen molar-refractivity contribution in [3.63, 3.8) is 0 Å². The maximum Gasteiger partial charge on any atom is 0.243 e. The van der Waals surface area contributed by atoms with Gasteiger partial charge < -0.3 is 5.32 Å². The van der Waals surface area contributed by atoms with E-state index in [-0.39, 0.29) is 16.5 Å². The fourth-order valence-corrected chi connectivity index (χ4v) is 4.22. The molecule has 0 saturated carbocycles. The standard InChI is InChI=1S/C15H25FN2O2S/c1-6-13(7-2)18(5)21(19,20)15-9-12(10-17-4)8-14(16)11(15)3/h8-9,13,17H,6-7,10H2,1-5H3. The predicted molar refractivity (Wildman–Crippen MR) is 83.2 cm³/mol. The lowest BCUT2D eigenvalue weighted by atomic mass is 10.1. The molecule has 0 aliphatic heterocycles. The van der Waals surface area contributed by atoms with Crippen LogP contribution in [-0.2, 0) is 16.6 Å². The summed E-state index contributed by atoms with van der Waals surface area (Å²) in [5.74, 6) is -0.487. The van der Waals surface area contributed by atoms with Gasteiger partial charge in [-0.05, 0) is 44.5 Å². The first kappa shape index (κ1) is 18.1. The van der Waals surface area contributed by atoms with Crippen LogP contribution in [0.25, 0.3) is 0 Å². The lowest BCUT2D eigenvalue weighted by molar-refractivity contribution is 0.349. The van der Waals surface area contributed by atoms with E-state index in [1.54, 1.807) is 20.2 Å². The van der Waals surface area contributed by atoms with Crippen LogP contribution in [0.5, 0.6) is 0 Å². The zero-order chi connectivity index (χ0) is 16.2. The second kappa shape index (κ2) is 7.33. The van der Waals surface area contributed by atoms with Crippen LogP contribution >= 0.6 is 0 Å². The van der Waals surface area contributed by atoms with Crippen molar-refractivity contribution in [1.29, 1.82) is 0 Å².